The van der Waals surface area contributed by atoms with Crippen molar-refractivity contribution < 1.29 is 0 Å². The summed E-state index contributed by atoms with van der Waals surface area (Å²) in [5.41, 5.74) is 0. The van der Waals surface area contributed by atoms with E-state index in [0.29, 0.717) is 0 Å². The first-order valence-corrected chi connectivity index (χ1v) is 10.5. The molecule has 90 valence electrons. The summed E-state index contributed by atoms with van der Waals surface area (Å²) in [5, 5.41) is 1.21. The molecule has 0 saturated carbocycles. The Morgan fingerprint density at radius 3 is 2.47 bits per heavy atom. The van der Waals surface area contributed by atoms with Crippen LogP contribution in [0.1, 0.15) is 51.9 Å². The zero-order chi connectivity index (χ0) is 10.9. The first-order valence-electron chi connectivity index (χ1n) is 6.92. The molecule has 1 aliphatic heterocycles. The lowest BCUT2D eigenvalue weighted by atomic mass is 9.97. The predicted octanol–water partition coefficient (Wildman–Crippen LogP) is 4.99. The molecule has 0 spiro atoms. The van der Waals surface area contributed by atoms with E-state index in [0.717, 1.165) is 5.92 Å². The Kier molecular flexibility index (Phi) is 8.08. The van der Waals surface area contributed by atoms with Gasteiger partial charge in [-0.3, -0.25) is 0 Å². The molecule has 1 heterocycles. The maximum atomic E-state index is 3.54. The number of hydrogen-bond donors (Lipinski definition) is 0. The van der Waals surface area contributed by atoms with Crippen LogP contribution in [0.4, 0.5) is 0 Å². The zero-order valence-corrected chi connectivity index (χ0v) is 13.1. The highest BCUT2D eigenvalue weighted by Crippen LogP contribution is 2.31. The summed E-state index contributed by atoms with van der Waals surface area (Å²) in [5.74, 6) is 1.09. The van der Waals surface area contributed by atoms with E-state index in [9.17, 15) is 0 Å². The number of hydrogen-bond acceptors (Lipinski definition) is 0. The molecule has 0 amide bonds. The second-order valence-corrected chi connectivity index (χ2v) is 9.47. The van der Waals surface area contributed by atoms with Gasteiger partial charge in [-0.1, -0.05) is 73.1 Å². The van der Waals surface area contributed by atoms with Crippen molar-refractivity contribution in [3.8, 4) is 0 Å². The average Bonchev–Trinajstić information content (AvgIpc) is 2.28. The van der Waals surface area contributed by atoms with Gasteiger partial charge in [-0.15, -0.1) is 0 Å². The predicted molar refractivity (Wildman–Crippen MR) is 76.8 cm³/mol. The average molecular weight is 291 g/mol. The van der Waals surface area contributed by atoms with Crippen molar-refractivity contribution in [2.45, 2.75) is 70.0 Å². The number of unbranched alkanes of at least 4 members (excludes halogenated alkanes) is 2. The summed E-state index contributed by atoms with van der Waals surface area (Å²) in [6.07, 6.45) is 10.5. The van der Waals surface area contributed by atoms with Gasteiger partial charge in [0.05, 0.1) is 0 Å². The van der Waals surface area contributed by atoms with Crippen molar-refractivity contribution in [1.29, 1.82) is 0 Å². The van der Waals surface area contributed by atoms with Gasteiger partial charge in [0.25, 0.3) is 0 Å². The highest BCUT2D eigenvalue weighted by molar-refractivity contribution is 9.09. The minimum Gasteiger partial charge on any atom is -0.0928 e. The third kappa shape index (κ3) is 6.11. The molecule has 0 N–H and O–H groups in total. The monoisotopic (exact) mass is 290 g/mol. The fourth-order valence-electron chi connectivity index (χ4n) is 2.86. The van der Waals surface area contributed by atoms with E-state index in [1.54, 1.807) is 37.4 Å². The van der Waals surface area contributed by atoms with Gasteiger partial charge in [0.1, 0.15) is 0 Å². The maximum absolute atomic E-state index is 3.54. The molecular formula is C13H27BrSi. The Balaban J connectivity index is 2.02. The molecular weight excluding hydrogens is 264 g/mol. The van der Waals surface area contributed by atoms with Gasteiger partial charge in [0, 0.05) is 14.1 Å². The molecule has 15 heavy (non-hydrogen) atoms. The van der Waals surface area contributed by atoms with E-state index in [-0.39, 0.29) is 8.80 Å². The van der Waals surface area contributed by atoms with Crippen LogP contribution < -0.4 is 0 Å². The second-order valence-electron chi connectivity index (χ2n) is 5.21. The van der Waals surface area contributed by atoms with Crippen LogP contribution in [0, 0.1) is 5.92 Å². The quantitative estimate of drug-likeness (QED) is 0.352. The van der Waals surface area contributed by atoms with E-state index in [1.165, 1.54) is 31.0 Å². The number of rotatable bonds is 7. The molecule has 0 bridgehead atoms. The molecule has 2 heteroatoms. The summed E-state index contributed by atoms with van der Waals surface area (Å²) in [6, 6.07) is 4.98. The van der Waals surface area contributed by atoms with Crippen LogP contribution in [0.3, 0.4) is 0 Å². The van der Waals surface area contributed by atoms with E-state index >= 15 is 0 Å². The van der Waals surface area contributed by atoms with Crippen LogP contribution in [0.5, 0.6) is 0 Å². The topological polar surface area (TPSA) is 0 Å². The first kappa shape index (κ1) is 13.8. The van der Waals surface area contributed by atoms with Gasteiger partial charge in [-0.25, -0.2) is 0 Å². The summed E-state index contributed by atoms with van der Waals surface area (Å²) >= 11 is 3.54. The Morgan fingerprint density at radius 2 is 1.87 bits per heavy atom. The third-order valence-corrected chi connectivity index (χ3v) is 8.01. The second kappa shape index (κ2) is 8.80. The molecule has 0 radical (unpaired) electrons. The Labute approximate surface area is 106 Å². The molecule has 1 saturated heterocycles. The van der Waals surface area contributed by atoms with Crippen LogP contribution in [0.2, 0.25) is 18.1 Å². The molecule has 0 aliphatic carbocycles. The molecule has 0 aromatic rings. The smallest absolute Gasteiger partial charge is 0.0368 e. The van der Waals surface area contributed by atoms with Crippen LogP contribution in [0.25, 0.3) is 0 Å². The minimum atomic E-state index is -0.242. The van der Waals surface area contributed by atoms with Crippen molar-refractivity contribution in [2.75, 3.05) is 5.33 Å². The molecule has 1 rings (SSSR count). The zero-order valence-electron chi connectivity index (χ0n) is 10.3. The molecule has 1 fully saturated rings. The van der Waals surface area contributed by atoms with Gasteiger partial charge in [0.15, 0.2) is 0 Å². The molecule has 0 aromatic carbocycles. The van der Waals surface area contributed by atoms with Crippen LogP contribution in [-0.4, -0.2) is 14.1 Å². The summed E-state index contributed by atoms with van der Waals surface area (Å²) < 4.78 is 0. The molecule has 0 nitrogen and oxygen atoms in total. The lowest BCUT2D eigenvalue weighted by molar-refractivity contribution is 0.434. The van der Waals surface area contributed by atoms with E-state index in [1.807, 2.05) is 0 Å². The summed E-state index contributed by atoms with van der Waals surface area (Å²) in [7, 11) is -0.242. The SMILES string of the molecule is CCCCC[Si@H]1CC[C@H](CCCBr)CC1. The minimum absolute atomic E-state index is 0.242. The standard InChI is InChI=1S/C13H27BrSi/c1-2-3-4-10-15-11-7-13(8-12-15)6-5-9-14/h13,15H,2-12H2,1H3/t13-,15-. The van der Waals surface area contributed by atoms with Crippen LogP contribution >= 0.6 is 15.9 Å². The van der Waals surface area contributed by atoms with E-state index < -0.39 is 0 Å². The lowest BCUT2D eigenvalue weighted by Crippen LogP contribution is -2.21. The normalized spacial score (nSPS) is 26.8. The summed E-state index contributed by atoms with van der Waals surface area (Å²) in [4.78, 5) is 0. The van der Waals surface area contributed by atoms with Crippen LogP contribution in [0.15, 0.2) is 0 Å². The third-order valence-electron chi connectivity index (χ3n) is 3.93. The van der Waals surface area contributed by atoms with Crippen molar-refractivity contribution in [1.82, 2.24) is 0 Å². The fraction of sp³-hybridized carbons (Fsp3) is 1.00. The highest BCUT2D eigenvalue weighted by Gasteiger charge is 2.21. The fourth-order valence-corrected chi connectivity index (χ4v) is 6.80. The Hall–Kier alpha value is 0.697. The molecule has 0 atom stereocenters. The Morgan fingerprint density at radius 1 is 1.13 bits per heavy atom. The Bertz CT molecular complexity index is 141. The molecule has 0 unspecified atom stereocenters. The molecule has 1 aliphatic rings. The van der Waals surface area contributed by atoms with Gasteiger partial charge in [-0.05, 0) is 18.8 Å². The number of halogens is 1. The largest absolute Gasteiger partial charge is 0.0928 e. The number of alkyl halides is 1. The maximum Gasteiger partial charge on any atom is 0.0368 e. The van der Waals surface area contributed by atoms with Crippen molar-refractivity contribution in [3.05, 3.63) is 0 Å². The van der Waals surface area contributed by atoms with Crippen molar-refractivity contribution >= 4 is 24.7 Å². The summed E-state index contributed by atoms with van der Waals surface area (Å²) in [6.45, 7) is 2.32. The van der Waals surface area contributed by atoms with Crippen molar-refractivity contribution in [2.24, 2.45) is 5.92 Å². The van der Waals surface area contributed by atoms with Gasteiger partial charge < -0.3 is 0 Å². The molecule has 0 aromatic heterocycles. The van der Waals surface area contributed by atoms with Crippen LogP contribution in [-0.2, 0) is 0 Å². The van der Waals surface area contributed by atoms with E-state index in [4.69, 9.17) is 0 Å². The van der Waals surface area contributed by atoms with Crippen molar-refractivity contribution in [3.63, 3.8) is 0 Å². The van der Waals surface area contributed by atoms with Gasteiger partial charge >= 0.3 is 0 Å². The van der Waals surface area contributed by atoms with E-state index in [2.05, 4.69) is 22.9 Å². The van der Waals surface area contributed by atoms with Gasteiger partial charge in [0.2, 0.25) is 0 Å². The van der Waals surface area contributed by atoms with Gasteiger partial charge in [-0.2, -0.15) is 0 Å². The highest BCUT2D eigenvalue weighted by atomic mass is 79.9. The first-order chi connectivity index (χ1) is 7.36. The lowest BCUT2D eigenvalue weighted by Gasteiger charge is -2.27.